The lowest BCUT2D eigenvalue weighted by Crippen LogP contribution is -2.41. The molecule has 0 spiro atoms. The van der Waals surface area contributed by atoms with Crippen LogP contribution in [0, 0.1) is 12.3 Å². The van der Waals surface area contributed by atoms with Crippen molar-refractivity contribution in [2.24, 2.45) is 0 Å². The van der Waals surface area contributed by atoms with E-state index >= 15 is 0 Å². The van der Waals surface area contributed by atoms with Crippen LogP contribution in [0.4, 0.5) is 4.79 Å². The van der Waals surface area contributed by atoms with Crippen LogP contribution in [0.25, 0.3) is 0 Å². The van der Waals surface area contributed by atoms with Crippen molar-refractivity contribution in [3.05, 3.63) is 35.4 Å². The molecule has 0 aliphatic carbocycles. The van der Waals surface area contributed by atoms with Crippen LogP contribution in [-0.2, 0) is 6.42 Å². The van der Waals surface area contributed by atoms with Gasteiger partial charge in [0.2, 0.25) is 0 Å². The predicted octanol–water partition coefficient (Wildman–Crippen LogP) is 1.64. The zero-order valence-electron chi connectivity index (χ0n) is 11.3. The lowest BCUT2D eigenvalue weighted by Gasteiger charge is -2.11. The molecule has 0 heterocycles. The molecule has 0 radical (unpaired) electrons. The number of carboxylic acid groups (broad SMARTS) is 1. The Kier molecular flexibility index (Phi) is 6.11. The average molecular weight is 274 g/mol. The molecule has 0 aliphatic rings. The maximum absolute atomic E-state index is 11.5. The molecule has 0 aliphatic heterocycles. The molecule has 0 saturated heterocycles. The van der Waals surface area contributed by atoms with Gasteiger partial charge in [-0.2, -0.15) is 0 Å². The topological polar surface area (TPSA) is 78.4 Å². The third-order valence-corrected chi connectivity index (χ3v) is 2.79. The molecule has 2 amide bonds. The summed E-state index contributed by atoms with van der Waals surface area (Å²) in [6.07, 6.45) is 6.48. The number of nitrogens with one attached hydrogen (secondary N) is 2. The summed E-state index contributed by atoms with van der Waals surface area (Å²) < 4.78 is 0. The van der Waals surface area contributed by atoms with Crippen LogP contribution in [0.15, 0.2) is 24.3 Å². The van der Waals surface area contributed by atoms with Crippen molar-refractivity contribution < 1.29 is 14.7 Å². The van der Waals surface area contributed by atoms with Crippen molar-refractivity contribution in [3.63, 3.8) is 0 Å². The van der Waals surface area contributed by atoms with Gasteiger partial charge in [0.15, 0.2) is 0 Å². The minimum Gasteiger partial charge on any atom is -0.478 e. The van der Waals surface area contributed by atoms with Crippen molar-refractivity contribution in [2.75, 3.05) is 6.54 Å². The van der Waals surface area contributed by atoms with Gasteiger partial charge in [-0.05, 0) is 30.5 Å². The highest BCUT2D eigenvalue weighted by Crippen LogP contribution is 2.05. The number of terminal acetylenes is 1. The van der Waals surface area contributed by atoms with Crippen molar-refractivity contribution >= 4 is 12.0 Å². The third kappa shape index (κ3) is 5.02. The zero-order valence-corrected chi connectivity index (χ0v) is 11.3. The molecule has 1 aromatic carbocycles. The smallest absolute Gasteiger partial charge is 0.335 e. The average Bonchev–Trinajstić information content (AvgIpc) is 2.45. The summed E-state index contributed by atoms with van der Waals surface area (Å²) in [5.41, 5.74) is 1.10. The molecule has 20 heavy (non-hydrogen) atoms. The summed E-state index contributed by atoms with van der Waals surface area (Å²) in [5.74, 6) is 1.51. The number of benzene rings is 1. The van der Waals surface area contributed by atoms with Gasteiger partial charge in [-0.25, -0.2) is 9.59 Å². The van der Waals surface area contributed by atoms with Gasteiger partial charge in [-0.15, -0.1) is 6.42 Å². The van der Waals surface area contributed by atoms with Crippen molar-refractivity contribution in [2.45, 2.75) is 25.8 Å². The van der Waals surface area contributed by atoms with Gasteiger partial charge in [0.1, 0.15) is 0 Å². The Morgan fingerprint density at radius 2 is 2.20 bits per heavy atom. The van der Waals surface area contributed by atoms with Crippen molar-refractivity contribution in [1.29, 1.82) is 0 Å². The maximum Gasteiger partial charge on any atom is 0.335 e. The standard InChI is InChI=1S/C15H18N2O3/c1-3-13(4-2)17-15(20)16-9-8-11-6-5-7-12(10-11)14(18)19/h1,5-7,10,13H,4,8-9H2,2H3,(H,18,19)(H2,16,17,20). The molecule has 5 nitrogen and oxygen atoms in total. The van der Waals surface area contributed by atoms with Crippen LogP contribution in [0.5, 0.6) is 0 Å². The second-order valence-electron chi connectivity index (χ2n) is 4.28. The van der Waals surface area contributed by atoms with Crippen LogP contribution >= 0.6 is 0 Å². The first-order valence-electron chi connectivity index (χ1n) is 6.39. The van der Waals surface area contributed by atoms with Crippen LogP contribution < -0.4 is 10.6 Å². The first-order valence-corrected chi connectivity index (χ1v) is 6.39. The van der Waals surface area contributed by atoms with E-state index in [-0.39, 0.29) is 17.6 Å². The molecular formula is C15H18N2O3. The van der Waals surface area contributed by atoms with Crippen LogP contribution in [-0.4, -0.2) is 29.7 Å². The molecule has 1 unspecified atom stereocenters. The van der Waals surface area contributed by atoms with Gasteiger partial charge in [-0.3, -0.25) is 0 Å². The molecule has 1 aromatic rings. The van der Waals surface area contributed by atoms with E-state index in [1.54, 1.807) is 12.1 Å². The van der Waals surface area contributed by atoms with E-state index in [9.17, 15) is 9.59 Å². The summed E-state index contributed by atoms with van der Waals surface area (Å²) in [6.45, 7) is 2.30. The highest BCUT2D eigenvalue weighted by Gasteiger charge is 2.07. The Morgan fingerprint density at radius 3 is 2.80 bits per heavy atom. The number of aromatic carboxylic acids is 1. The summed E-state index contributed by atoms with van der Waals surface area (Å²) in [5, 5.41) is 14.2. The lowest BCUT2D eigenvalue weighted by atomic mass is 10.1. The van der Waals surface area contributed by atoms with Gasteiger partial charge in [0, 0.05) is 6.54 Å². The monoisotopic (exact) mass is 274 g/mol. The normalized spacial score (nSPS) is 11.2. The molecule has 5 heteroatoms. The number of hydrogen-bond donors (Lipinski definition) is 3. The summed E-state index contributed by atoms with van der Waals surface area (Å²) in [7, 11) is 0. The largest absolute Gasteiger partial charge is 0.478 e. The molecule has 0 saturated carbocycles. The Bertz CT molecular complexity index is 520. The van der Waals surface area contributed by atoms with Gasteiger partial charge in [0.05, 0.1) is 11.6 Å². The maximum atomic E-state index is 11.5. The molecule has 0 bridgehead atoms. The van der Waals surface area contributed by atoms with Crippen LogP contribution in [0.3, 0.4) is 0 Å². The molecule has 1 rings (SSSR count). The highest BCUT2D eigenvalue weighted by molar-refractivity contribution is 5.87. The Hall–Kier alpha value is -2.48. The molecular weight excluding hydrogens is 256 g/mol. The summed E-state index contributed by atoms with van der Waals surface area (Å²) in [4.78, 5) is 22.3. The van der Waals surface area contributed by atoms with Gasteiger partial charge in [-0.1, -0.05) is 25.0 Å². The second kappa shape index (κ2) is 7.85. The van der Waals surface area contributed by atoms with Gasteiger partial charge >= 0.3 is 12.0 Å². The number of amides is 2. The fourth-order valence-electron chi connectivity index (χ4n) is 1.65. The molecule has 3 N–H and O–H groups in total. The quantitative estimate of drug-likeness (QED) is 0.690. The van der Waals surface area contributed by atoms with E-state index in [0.717, 1.165) is 5.56 Å². The predicted molar refractivity (Wildman–Crippen MR) is 76.6 cm³/mol. The van der Waals surface area contributed by atoms with E-state index in [0.29, 0.717) is 19.4 Å². The number of hydrogen-bond acceptors (Lipinski definition) is 2. The zero-order chi connectivity index (χ0) is 15.0. The van der Waals surface area contributed by atoms with Gasteiger partial charge in [0.25, 0.3) is 0 Å². The highest BCUT2D eigenvalue weighted by atomic mass is 16.4. The molecule has 0 aromatic heterocycles. The van der Waals surface area contributed by atoms with Crippen LogP contribution in [0.2, 0.25) is 0 Å². The summed E-state index contributed by atoms with van der Waals surface area (Å²) >= 11 is 0. The van der Waals surface area contributed by atoms with Crippen LogP contribution in [0.1, 0.15) is 29.3 Å². The van der Waals surface area contributed by atoms with Gasteiger partial charge < -0.3 is 15.7 Å². The number of rotatable bonds is 6. The number of carbonyl (C=O) groups is 2. The third-order valence-electron chi connectivity index (χ3n) is 2.79. The van der Waals surface area contributed by atoms with E-state index in [1.807, 2.05) is 13.0 Å². The molecule has 1 atom stereocenters. The SMILES string of the molecule is C#CC(CC)NC(=O)NCCc1cccc(C(=O)O)c1. The Labute approximate surface area is 118 Å². The fraction of sp³-hybridized carbons (Fsp3) is 0.333. The van der Waals surface area contributed by atoms with Crippen molar-refractivity contribution in [1.82, 2.24) is 10.6 Å². The lowest BCUT2D eigenvalue weighted by molar-refractivity contribution is 0.0696. The number of carboxylic acids is 1. The first kappa shape index (κ1) is 15.6. The Balaban J connectivity index is 2.41. The van der Waals surface area contributed by atoms with Crippen molar-refractivity contribution in [3.8, 4) is 12.3 Å². The Morgan fingerprint density at radius 1 is 1.45 bits per heavy atom. The molecule has 106 valence electrons. The van der Waals surface area contributed by atoms with E-state index in [1.165, 1.54) is 6.07 Å². The second-order valence-corrected chi connectivity index (χ2v) is 4.28. The number of urea groups is 1. The van der Waals surface area contributed by atoms with E-state index < -0.39 is 5.97 Å². The van der Waals surface area contributed by atoms with E-state index in [2.05, 4.69) is 16.6 Å². The number of carbonyl (C=O) groups excluding carboxylic acids is 1. The van der Waals surface area contributed by atoms with E-state index in [4.69, 9.17) is 11.5 Å². The first-order chi connectivity index (χ1) is 9.56. The minimum absolute atomic E-state index is 0.241. The fourth-order valence-corrected chi connectivity index (χ4v) is 1.65. The molecule has 0 fully saturated rings. The minimum atomic E-state index is -0.961. The summed E-state index contributed by atoms with van der Waals surface area (Å²) in [6, 6.07) is 6.05.